The number of rotatable bonds is 1. The topological polar surface area (TPSA) is 38.0 Å². The Kier molecular flexibility index (Phi) is 2.56. The van der Waals surface area contributed by atoms with Crippen molar-refractivity contribution < 1.29 is 5.11 Å². The first kappa shape index (κ1) is 9.03. The number of nitrogens with zero attached hydrogens (tertiary/aromatic N) is 2. The summed E-state index contributed by atoms with van der Waals surface area (Å²) in [6.45, 7) is 0. The second kappa shape index (κ2) is 3.68. The van der Waals surface area contributed by atoms with Gasteiger partial charge in [-0.2, -0.15) is 5.10 Å². The Morgan fingerprint density at radius 2 is 2.08 bits per heavy atom. The Morgan fingerprint density at radius 1 is 1.38 bits per heavy atom. The van der Waals surface area contributed by atoms with Crippen LogP contribution in [0.2, 0.25) is 5.02 Å². The van der Waals surface area contributed by atoms with E-state index in [1.54, 1.807) is 6.20 Å². The van der Waals surface area contributed by atoms with Crippen LogP contribution in [0.15, 0.2) is 12.4 Å². The van der Waals surface area contributed by atoms with Crippen molar-refractivity contribution in [3.63, 3.8) is 0 Å². The summed E-state index contributed by atoms with van der Waals surface area (Å²) in [7, 11) is 0. The first-order valence-corrected chi connectivity index (χ1v) is 5.01. The molecule has 72 valence electrons. The van der Waals surface area contributed by atoms with E-state index in [1.807, 2.05) is 10.9 Å². The highest BCUT2D eigenvalue weighted by atomic mass is 35.5. The van der Waals surface area contributed by atoms with Crippen molar-refractivity contribution in [1.29, 1.82) is 0 Å². The van der Waals surface area contributed by atoms with E-state index in [-0.39, 0.29) is 6.10 Å². The van der Waals surface area contributed by atoms with Gasteiger partial charge in [-0.3, -0.25) is 4.68 Å². The molecule has 1 aromatic rings. The van der Waals surface area contributed by atoms with E-state index in [1.165, 1.54) is 0 Å². The lowest BCUT2D eigenvalue weighted by molar-refractivity contribution is 0.108. The summed E-state index contributed by atoms with van der Waals surface area (Å²) in [6.07, 6.45) is 7.15. The maximum absolute atomic E-state index is 9.32. The quantitative estimate of drug-likeness (QED) is 0.753. The minimum Gasteiger partial charge on any atom is -0.393 e. The average Bonchev–Trinajstić information content (AvgIpc) is 2.53. The number of aromatic nitrogens is 2. The highest BCUT2D eigenvalue weighted by Gasteiger charge is 2.20. The van der Waals surface area contributed by atoms with Crippen molar-refractivity contribution in [3.05, 3.63) is 17.4 Å². The molecule has 0 amide bonds. The fourth-order valence-corrected chi connectivity index (χ4v) is 1.98. The minimum atomic E-state index is -0.109. The molecule has 3 nitrogen and oxygen atoms in total. The van der Waals surface area contributed by atoms with E-state index in [0.29, 0.717) is 11.1 Å². The standard InChI is InChI=1S/C9H13ClN2O/c10-7-5-11-12(6-7)8-1-3-9(13)4-2-8/h5-6,8-9,13H,1-4H2. The molecule has 0 aliphatic heterocycles. The molecule has 1 saturated carbocycles. The molecular formula is C9H13ClN2O. The number of aliphatic hydroxyl groups is 1. The summed E-state index contributed by atoms with van der Waals surface area (Å²) in [4.78, 5) is 0. The molecular weight excluding hydrogens is 188 g/mol. The Bertz CT molecular complexity index is 279. The smallest absolute Gasteiger partial charge is 0.0785 e. The summed E-state index contributed by atoms with van der Waals surface area (Å²) in [6, 6.07) is 0.427. The van der Waals surface area contributed by atoms with Crippen molar-refractivity contribution in [3.8, 4) is 0 Å². The summed E-state index contributed by atoms with van der Waals surface area (Å²) in [5.74, 6) is 0. The van der Waals surface area contributed by atoms with E-state index in [2.05, 4.69) is 5.10 Å². The van der Waals surface area contributed by atoms with Crippen LogP contribution in [-0.4, -0.2) is 21.0 Å². The zero-order valence-electron chi connectivity index (χ0n) is 7.36. The van der Waals surface area contributed by atoms with E-state index in [0.717, 1.165) is 25.7 Å². The third-order valence-corrected chi connectivity index (χ3v) is 2.81. The molecule has 2 rings (SSSR count). The van der Waals surface area contributed by atoms with E-state index >= 15 is 0 Å². The highest BCUT2D eigenvalue weighted by Crippen LogP contribution is 2.28. The van der Waals surface area contributed by atoms with Crippen LogP contribution in [0.5, 0.6) is 0 Å². The van der Waals surface area contributed by atoms with Crippen LogP contribution in [0, 0.1) is 0 Å². The first-order valence-electron chi connectivity index (χ1n) is 4.63. The van der Waals surface area contributed by atoms with Crippen LogP contribution in [0.1, 0.15) is 31.7 Å². The number of aliphatic hydroxyl groups excluding tert-OH is 1. The molecule has 0 spiro atoms. The first-order chi connectivity index (χ1) is 6.25. The molecule has 1 aromatic heterocycles. The second-order valence-corrected chi connectivity index (χ2v) is 4.04. The lowest BCUT2D eigenvalue weighted by atomic mass is 9.93. The summed E-state index contributed by atoms with van der Waals surface area (Å²) >= 11 is 5.78. The van der Waals surface area contributed by atoms with Gasteiger partial charge in [0, 0.05) is 6.20 Å². The van der Waals surface area contributed by atoms with E-state index in [9.17, 15) is 5.11 Å². The molecule has 13 heavy (non-hydrogen) atoms. The van der Waals surface area contributed by atoms with Crippen molar-refractivity contribution >= 4 is 11.6 Å². The van der Waals surface area contributed by atoms with Gasteiger partial charge in [0.25, 0.3) is 0 Å². The van der Waals surface area contributed by atoms with Crippen molar-refractivity contribution in [2.24, 2.45) is 0 Å². The largest absolute Gasteiger partial charge is 0.393 e. The van der Waals surface area contributed by atoms with Gasteiger partial charge in [-0.1, -0.05) is 11.6 Å². The Labute approximate surface area is 82.3 Å². The Balaban J connectivity index is 2.02. The fraction of sp³-hybridized carbons (Fsp3) is 0.667. The zero-order valence-corrected chi connectivity index (χ0v) is 8.11. The van der Waals surface area contributed by atoms with Gasteiger partial charge in [-0.25, -0.2) is 0 Å². The normalized spacial score (nSPS) is 29.1. The molecule has 0 saturated heterocycles. The predicted octanol–water partition coefficient (Wildman–Crippen LogP) is 2.01. The monoisotopic (exact) mass is 200 g/mol. The molecule has 1 aliphatic carbocycles. The molecule has 0 radical (unpaired) electrons. The molecule has 0 atom stereocenters. The molecule has 0 bridgehead atoms. The SMILES string of the molecule is OC1CCC(n2cc(Cl)cn2)CC1. The number of halogens is 1. The van der Waals surface area contributed by atoms with Gasteiger partial charge in [-0.05, 0) is 25.7 Å². The summed E-state index contributed by atoms with van der Waals surface area (Å²) in [5.41, 5.74) is 0. The van der Waals surface area contributed by atoms with Crippen LogP contribution in [0.3, 0.4) is 0 Å². The van der Waals surface area contributed by atoms with Gasteiger partial charge in [0.15, 0.2) is 0 Å². The maximum atomic E-state index is 9.32. The van der Waals surface area contributed by atoms with Crippen molar-refractivity contribution in [2.75, 3.05) is 0 Å². The fourth-order valence-electron chi connectivity index (χ4n) is 1.84. The molecule has 1 N–H and O–H groups in total. The van der Waals surface area contributed by atoms with Gasteiger partial charge in [0.1, 0.15) is 0 Å². The van der Waals surface area contributed by atoms with Gasteiger partial charge in [0.2, 0.25) is 0 Å². The third-order valence-electron chi connectivity index (χ3n) is 2.61. The highest BCUT2D eigenvalue weighted by molar-refractivity contribution is 6.30. The average molecular weight is 201 g/mol. The van der Waals surface area contributed by atoms with Crippen molar-refractivity contribution in [2.45, 2.75) is 37.8 Å². The van der Waals surface area contributed by atoms with Crippen molar-refractivity contribution in [1.82, 2.24) is 9.78 Å². The molecule has 1 heterocycles. The van der Waals surface area contributed by atoms with Gasteiger partial charge < -0.3 is 5.11 Å². The molecule has 1 fully saturated rings. The molecule has 0 aromatic carbocycles. The number of hydrogen-bond acceptors (Lipinski definition) is 2. The van der Waals surface area contributed by atoms with Gasteiger partial charge in [-0.15, -0.1) is 0 Å². The lowest BCUT2D eigenvalue weighted by Crippen LogP contribution is -2.21. The van der Waals surface area contributed by atoms with Crippen LogP contribution in [-0.2, 0) is 0 Å². The number of hydrogen-bond donors (Lipinski definition) is 1. The predicted molar refractivity (Wildman–Crippen MR) is 50.7 cm³/mol. The third kappa shape index (κ3) is 2.03. The van der Waals surface area contributed by atoms with E-state index < -0.39 is 0 Å². The Morgan fingerprint density at radius 3 is 2.62 bits per heavy atom. The van der Waals surface area contributed by atoms with Crippen LogP contribution in [0.4, 0.5) is 0 Å². The van der Waals surface area contributed by atoms with Crippen LogP contribution in [0.25, 0.3) is 0 Å². The Hall–Kier alpha value is -0.540. The summed E-state index contributed by atoms with van der Waals surface area (Å²) in [5, 5.41) is 14.2. The minimum absolute atomic E-state index is 0.109. The zero-order chi connectivity index (χ0) is 9.26. The molecule has 1 aliphatic rings. The maximum Gasteiger partial charge on any atom is 0.0785 e. The van der Waals surface area contributed by atoms with Gasteiger partial charge in [0.05, 0.1) is 23.4 Å². The molecule has 4 heteroatoms. The van der Waals surface area contributed by atoms with Crippen LogP contribution < -0.4 is 0 Å². The second-order valence-electron chi connectivity index (χ2n) is 3.60. The molecule has 0 unspecified atom stereocenters. The van der Waals surface area contributed by atoms with Gasteiger partial charge >= 0.3 is 0 Å². The van der Waals surface area contributed by atoms with Crippen LogP contribution >= 0.6 is 11.6 Å². The lowest BCUT2D eigenvalue weighted by Gasteiger charge is -2.25. The summed E-state index contributed by atoms with van der Waals surface area (Å²) < 4.78 is 1.91. The van der Waals surface area contributed by atoms with E-state index in [4.69, 9.17) is 11.6 Å².